The maximum absolute atomic E-state index is 3.71. The standard InChI is InChI=1S/CH2N2S3/c1-2-3-5-6-4-1/h1,3H. The number of hydrogen-bond donors (Lipinski definition) is 1. The molecule has 0 aliphatic rings. The highest BCUT2D eigenvalue weighted by Crippen LogP contribution is 2.02. The Hall–Kier alpha value is 0.130. The highest BCUT2D eigenvalue weighted by Gasteiger charge is 1.59. The van der Waals surface area contributed by atoms with Crippen LogP contribution in [-0.4, -0.2) is 9.59 Å². The van der Waals surface area contributed by atoms with Gasteiger partial charge in [0.15, 0.2) is 0 Å². The normalized spacial score (nSPS) is 8.00. The van der Waals surface area contributed by atoms with Crippen molar-refractivity contribution >= 4 is 30.2 Å². The van der Waals surface area contributed by atoms with Crippen molar-refractivity contribution in [2.45, 2.75) is 0 Å². The number of aromatic nitrogens is 2. The Bertz CT molecular complexity index is 80.7. The molecular formula is CH2N2S3. The van der Waals surface area contributed by atoms with Crippen LogP contribution in [0, 0.1) is 0 Å². The number of nitrogens with one attached hydrogen (secondary N) is 1. The molecule has 0 amide bonds. The van der Waals surface area contributed by atoms with Crippen molar-refractivity contribution in [3.8, 4) is 0 Å². The van der Waals surface area contributed by atoms with Gasteiger partial charge in [0.25, 0.3) is 0 Å². The predicted octanol–water partition coefficient (Wildman–Crippen LogP) is 1.72. The maximum Gasteiger partial charge on any atom is 0.112 e. The van der Waals surface area contributed by atoms with Gasteiger partial charge in [0.1, 0.15) is 5.51 Å². The summed E-state index contributed by atoms with van der Waals surface area (Å²) in [6.45, 7) is 0. The fourth-order valence-electron chi connectivity index (χ4n) is 0.117. The molecule has 0 unspecified atom stereocenters. The second-order valence-corrected chi connectivity index (χ2v) is 4.17. The third kappa shape index (κ3) is 1.08. The van der Waals surface area contributed by atoms with Crippen LogP contribution in [0.1, 0.15) is 0 Å². The van der Waals surface area contributed by atoms with E-state index in [-0.39, 0.29) is 0 Å². The van der Waals surface area contributed by atoms with Crippen LogP contribution in [0.3, 0.4) is 0 Å². The first-order chi connectivity index (χ1) is 3.00. The molecule has 0 spiro atoms. The highest BCUT2D eigenvalue weighted by molar-refractivity contribution is 7.92. The van der Waals surface area contributed by atoms with Gasteiger partial charge in [-0.3, -0.25) is 0 Å². The Labute approximate surface area is 45.7 Å². The molecule has 34 valence electrons. The molecule has 1 aromatic rings. The quantitative estimate of drug-likeness (QED) is 0.543. The van der Waals surface area contributed by atoms with E-state index < -0.39 is 0 Å². The molecular weight excluding hydrogens is 136 g/mol. The zero-order valence-electron chi connectivity index (χ0n) is 2.75. The molecule has 0 aliphatic carbocycles. The summed E-state index contributed by atoms with van der Waals surface area (Å²) in [7, 11) is 4.81. The zero-order valence-corrected chi connectivity index (χ0v) is 5.20. The lowest BCUT2D eigenvalue weighted by molar-refractivity contribution is 1.16. The number of nitrogens with zero attached hydrogens (tertiary/aromatic N) is 1. The van der Waals surface area contributed by atoms with Crippen molar-refractivity contribution in [3.63, 3.8) is 0 Å². The summed E-state index contributed by atoms with van der Waals surface area (Å²) in [6.07, 6.45) is 0. The third-order valence-electron chi connectivity index (χ3n) is 0.259. The van der Waals surface area contributed by atoms with E-state index in [1.54, 1.807) is 25.2 Å². The summed E-state index contributed by atoms with van der Waals surface area (Å²) in [5.41, 5.74) is 1.77. The molecule has 6 heavy (non-hydrogen) atoms. The number of hydrogen-bond acceptors (Lipinski definition) is 4. The molecule has 0 saturated heterocycles. The molecule has 1 rings (SSSR count). The van der Waals surface area contributed by atoms with Gasteiger partial charge < -0.3 is 0 Å². The molecule has 0 atom stereocenters. The second kappa shape index (κ2) is 2.33. The molecule has 1 N–H and O–H groups in total. The van der Waals surface area contributed by atoms with E-state index in [9.17, 15) is 0 Å². The van der Waals surface area contributed by atoms with Gasteiger partial charge in [-0.05, 0) is 9.34 Å². The van der Waals surface area contributed by atoms with E-state index in [0.717, 1.165) is 0 Å². The first kappa shape index (κ1) is 4.29. The van der Waals surface area contributed by atoms with Crippen molar-refractivity contribution in [1.82, 2.24) is 9.59 Å². The molecule has 0 aliphatic heterocycles. The topological polar surface area (TPSA) is 28.7 Å². The van der Waals surface area contributed by atoms with Gasteiger partial charge in [-0.1, -0.05) is 10.3 Å². The first-order valence-corrected chi connectivity index (χ1v) is 4.80. The summed E-state index contributed by atoms with van der Waals surface area (Å²) in [5.74, 6) is 0. The largest absolute Gasteiger partial charge is 0.222 e. The van der Waals surface area contributed by atoms with Crippen LogP contribution in [0.4, 0.5) is 0 Å². The van der Waals surface area contributed by atoms with Gasteiger partial charge in [0.2, 0.25) is 0 Å². The van der Waals surface area contributed by atoms with E-state index in [4.69, 9.17) is 0 Å². The molecule has 0 radical (unpaired) electrons. The number of H-pyrrole nitrogens is 1. The van der Waals surface area contributed by atoms with Crippen LogP contribution in [-0.2, 0) is 0 Å². The van der Waals surface area contributed by atoms with Gasteiger partial charge >= 0.3 is 0 Å². The molecule has 0 bridgehead atoms. The van der Waals surface area contributed by atoms with Crippen molar-refractivity contribution in [2.24, 2.45) is 0 Å². The Morgan fingerprint density at radius 3 is 2.83 bits per heavy atom. The molecule has 5 heteroatoms. The summed E-state index contributed by atoms with van der Waals surface area (Å²) in [4.78, 5) is 0. The third-order valence-corrected chi connectivity index (χ3v) is 3.02. The van der Waals surface area contributed by atoms with E-state index in [2.05, 4.69) is 9.59 Å². The lowest BCUT2D eigenvalue weighted by Crippen LogP contribution is -1.59. The maximum atomic E-state index is 3.71. The van der Waals surface area contributed by atoms with E-state index in [0.29, 0.717) is 0 Å². The van der Waals surface area contributed by atoms with E-state index >= 15 is 0 Å². The molecule has 0 saturated carbocycles. The zero-order chi connectivity index (χ0) is 4.24. The van der Waals surface area contributed by atoms with Gasteiger partial charge in [0.05, 0.1) is 0 Å². The number of rotatable bonds is 0. The van der Waals surface area contributed by atoms with Crippen LogP contribution in [0.15, 0.2) is 5.51 Å². The van der Waals surface area contributed by atoms with Crippen LogP contribution < -0.4 is 0 Å². The fraction of sp³-hybridized carbons (Fsp3) is 0. The highest BCUT2D eigenvalue weighted by atomic mass is 33.2. The molecule has 0 aromatic carbocycles. The van der Waals surface area contributed by atoms with Gasteiger partial charge in [-0.25, -0.2) is 4.49 Å². The van der Waals surface area contributed by atoms with Crippen LogP contribution in [0.5, 0.6) is 0 Å². The summed E-state index contributed by atoms with van der Waals surface area (Å²) in [5, 5.41) is 3.71. The minimum atomic E-state index is 1.53. The van der Waals surface area contributed by atoms with Crippen LogP contribution in [0.25, 0.3) is 0 Å². The smallest absolute Gasteiger partial charge is 0.112 e. The van der Waals surface area contributed by atoms with Gasteiger partial charge in [0, 0.05) is 10.5 Å². The van der Waals surface area contributed by atoms with Crippen molar-refractivity contribution in [3.05, 3.63) is 5.51 Å². The average molecular weight is 138 g/mol. The fourth-order valence-corrected chi connectivity index (χ4v) is 2.00. The minimum absolute atomic E-state index is 1.53. The Morgan fingerprint density at radius 1 is 1.67 bits per heavy atom. The Morgan fingerprint density at radius 2 is 2.67 bits per heavy atom. The lowest BCUT2D eigenvalue weighted by Gasteiger charge is -1.69. The Kier molecular flexibility index (Phi) is 1.67. The van der Waals surface area contributed by atoms with E-state index in [1.807, 2.05) is 0 Å². The molecule has 1 aromatic heterocycles. The average Bonchev–Trinajstić information content (AvgIpc) is 1.72. The minimum Gasteiger partial charge on any atom is -0.222 e. The van der Waals surface area contributed by atoms with Crippen molar-refractivity contribution in [2.75, 3.05) is 0 Å². The molecule has 0 fully saturated rings. The first-order valence-electron chi connectivity index (χ1n) is 1.25. The molecule has 1 heterocycles. The van der Waals surface area contributed by atoms with Gasteiger partial charge in [-0.15, -0.1) is 0 Å². The van der Waals surface area contributed by atoms with Crippen LogP contribution >= 0.6 is 30.2 Å². The summed E-state index contributed by atoms with van der Waals surface area (Å²) in [6, 6.07) is 0. The summed E-state index contributed by atoms with van der Waals surface area (Å²) >= 11 is 0. The summed E-state index contributed by atoms with van der Waals surface area (Å²) < 4.78 is 2.71. The second-order valence-electron chi connectivity index (χ2n) is 0.573. The van der Waals surface area contributed by atoms with Crippen molar-refractivity contribution in [1.29, 1.82) is 0 Å². The molecule has 2 nitrogen and oxygen atoms in total. The predicted molar refractivity (Wildman–Crippen MR) is 29.8 cm³/mol. The Balaban J connectivity index is 3.00. The number of aromatic amines is 1. The van der Waals surface area contributed by atoms with Crippen LogP contribution in [0.2, 0.25) is 0 Å². The van der Waals surface area contributed by atoms with E-state index in [1.165, 1.54) is 10.5 Å². The van der Waals surface area contributed by atoms with Crippen molar-refractivity contribution < 1.29 is 0 Å². The SMILES string of the molecule is c1n[nH]sss1. The van der Waals surface area contributed by atoms with Gasteiger partial charge in [-0.2, -0.15) is 5.10 Å². The lowest BCUT2D eigenvalue weighted by atomic mass is 11.7. The monoisotopic (exact) mass is 138 g/mol.